The van der Waals surface area contributed by atoms with E-state index in [1.54, 1.807) is 5.57 Å². The molecule has 116 valence electrons. The van der Waals surface area contributed by atoms with E-state index in [0.717, 1.165) is 52.5 Å². The topological polar surface area (TPSA) is 27.7 Å². The summed E-state index contributed by atoms with van der Waals surface area (Å²) in [6.45, 7) is 17.6. The maximum atomic E-state index is 5.51. The van der Waals surface area contributed by atoms with Gasteiger partial charge in [0.1, 0.15) is 0 Å². The summed E-state index contributed by atoms with van der Waals surface area (Å²) in [7, 11) is 0. The van der Waals surface area contributed by atoms with Gasteiger partial charge in [-0.15, -0.1) is 0 Å². The number of piperazine rings is 1. The predicted octanol–water partition coefficient (Wildman–Crippen LogP) is 1.34. The number of hydrogen-bond acceptors (Lipinski definition) is 4. The fourth-order valence-electron chi connectivity index (χ4n) is 3.68. The zero-order chi connectivity index (χ0) is 14.6. The number of nitrogens with one attached hydrogen (secondary N) is 1. The SMILES string of the molecule is C/C=C(\C(C)N1CCNCC1)C(C)(C)N1CCOCC1. The third-order valence-electron chi connectivity index (χ3n) is 4.97. The van der Waals surface area contributed by atoms with Crippen molar-refractivity contribution in [3.8, 4) is 0 Å². The highest BCUT2D eigenvalue weighted by molar-refractivity contribution is 5.23. The van der Waals surface area contributed by atoms with Gasteiger partial charge in [-0.25, -0.2) is 0 Å². The van der Waals surface area contributed by atoms with Gasteiger partial charge in [0.2, 0.25) is 0 Å². The van der Waals surface area contributed by atoms with Crippen molar-refractivity contribution in [2.45, 2.75) is 39.3 Å². The van der Waals surface area contributed by atoms with Crippen LogP contribution in [-0.2, 0) is 4.74 Å². The van der Waals surface area contributed by atoms with Gasteiger partial charge >= 0.3 is 0 Å². The Hall–Kier alpha value is -0.420. The molecule has 1 N–H and O–H groups in total. The first-order chi connectivity index (χ1) is 9.57. The molecule has 2 fully saturated rings. The van der Waals surface area contributed by atoms with Crippen molar-refractivity contribution in [3.05, 3.63) is 11.6 Å². The second-order valence-electron chi connectivity index (χ2n) is 6.36. The van der Waals surface area contributed by atoms with Crippen molar-refractivity contribution in [2.75, 3.05) is 52.5 Å². The summed E-state index contributed by atoms with van der Waals surface area (Å²) in [5.74, 6) is 0. The molecule has 2 aliphatic rings. The Morgan fingerprint density at radius 3 is 2.30 bits per heavy atom. The summed E-state index contributed by atoms with van der Waals surface area (Å²) >= 11 is 0. The molecule has 2 heterocycles. The Labute approximate surface area is 124 Å². The third-order valence-corrected chi connectivity index (χ3v) is 4.97. The van der Waals surface area contributed by atoms with Gasteiger partial charge in [-0.05, 0) is 33.3 Å². The molecule has 0 radical (unpaired) electrons. The Morgan fingerprint density at radius 1 is 1.15 bits per heavy atom. The fraction of sp³-hybridized carbons (Fsp3) is 0.875. The molecule has 2 rings (SSSR count). The van der Waals surface area contributed by atoms with Crippen LogP contribution in [-0.4, -0.2) is 73.9 Å². The van der Waals surface area contributed by atoms with Gasteiger partial charge in [-0.2, -0.15) is 0 Å². The molecule has 0 bridgehead atoms. The quantitative estimate of drug-likeness (QED) is 0.787. The van der Waals surface area contributed by atoms with Crippen molar-refractivity contribution in [1.29, 1.82) is 0 Å². The summed E-state index contributed by atoms with van der Waals surface area (Å²) in [6.07, 6.45) is 2.34. The van der Waals surface area contributed by atoms with E-state index in [-0.39, 0.29) is 5.54 Å². The molecule has 0 aromatic rings. The number of allylic oxidation sites excluding steroid dienone is 1. The van der Waals surface area contributed by atoms with Gasteiger partial charge < -0.3 is 10.1 Å². The van der Waals surface area contributed by atoms with Crippen LogP contribution in [0.3, 0.4) is 0 Å². The van der Waals surface area contributed by atoms with E-state index >= 15 is 0 Å². The molecule has 2 saturated heterocycles. The second kappa shape index (κ2) is 7.03. The highest BCUT2D eigenvalue weighted by Crippen LogP contribution is 2.29. The molecule has 0 aliphatic carbocycles. The standard InChI is InChI=1S/C16H31N3O/c1-5-15(14(2)18-8-6-17-7-9-18)16(3,4)19-10-12-20-13-11-19/h5,14,17H,6-13H2,1-4H3/b15-5+. The van der Waals surface area contributed by atoms with Crippen molar-refractivity contribution >= 4 is 0 Å². The first kappa shape index (κ1) is 16.0. The Bertz CT molecular complexity index is 329. The summed E-state index contributed by atoms with van der Waals surface area (Å²) < 4.78 is 5.51. The number of morpholine rings is 1. The fourth-order valence-corrected chi connectivity index (χ4v) is 3.68. The predicted molar refractivity (Wildman–Crippen MR) is 84.1 cm³/mol. The van der Waals surface area contributed by atoms with Crippen LogP contribution in [0.25, 0.3) is 0 Å². The van der Waals surface area contributed by atoms with Crippen LogP contribution < -0.4 is 5.32 Å². The van der Waals surface area contributed by atoms with Crippen LogP contribution >= 0.6 is 0 Å². The lowest BCUT2D eigenvalue weighted by molar-refractivity contribution is -0.00297. The van der Waals surface area contributed by atoms with Gasteiger partial charge in [-0.3, -0.25) is 9.80 Å². The maximum absolute atomic E-state index is 5.51. The summed E-state index contributed by atoms with van der Waals surface area (Å²) in [5.41, 5.74) is 1.66. The zero-order valence-electron chi connectivity index (χ0n) is 13.6. The lowest BCUT2D eigenvalue weighted by atomic mass is 9.85. The summed E-state index contributed by atoms with van der Waals surface area (Å²) in [5, 5.41) is 3.44. The van der Waals surface area contributed by atoms with E-state index in [1.165, 1.54) is 0 Å². The minimum atomic E-state index is 0.114. The van der Waals surface area contributed by atoms with Crippen molar-refractivity contribution in [2.24, 2.45) is 0 Å². The largest absolute Gasteiger partial charge is 0.379 e. The number of rotatable bonds is 4. The Morgan fingerprint density at radius 2 is 1.75 bits per heavy atom. The summed E-state index contributed by atoms with van der Waals surface area (Å²) in [4.78, 5) is 5.18. The molecule has 4 nitrogen and oxygen atoms in total. The van der Waals surface area contributed by atoms with Crippen molar-refractivity contribution in [3.63, 3.8) is 0 Å². The molecule has 0 amide bonds. The minimum Gasteiger partial charge on any atom is -0.379 e. The molecule has 4 heteroatoms. The minimum absolute atomic E-state index is 0.114. The van der Waals surface area contributed by atoms with E-state index in [2.05, 4.69) is 48.9 Å². The molecule has 1 atom stereocenters. The van der Waals surface area contributed by atoms with Gasteiger partial charge in [0.25, 0.3) is 0 Å². The smallest absolute Gasteiger partial charge is 0.0594 e. The van der Waals surface area contributed by atoms with Crippen LogP contribution in [0.15, 0.2) is 11.6 Å². The average Bonchev–Trinajstić information content (AvgIpc) is 2.49. The van der Waals surface area contributed by atoms with Crippen LogP contribution in [0.2, 0.25) is 0 Å². The second-order valence-corrected chi connectivity index (χ2v) is 6.36. The van der Waals surface area contributed by atoms with Crippen LogP contribution in [0.1, 0.15) is 27.7 Å². The molecule has 0 spiro atoms. The average molecular weight is 281 g/mol. The van der Waals surface area contributed by atoms with Crippen molar-refractivity contribution in [1.82, 2.24) is 15.1 Å². The van der Waals surface area contributed by atoms with E-state index in [4.69, 9.17) is 4.74 Å². The molecule has 0 aromatic carbocycles. The normalized spacial score (nSPS) is 25.7. The summed E-state index contributed by atoms with van der Waals surface area (Å²) in [6, 6.07) is 0.514. The first-order valence-electron chi connectivity index (χ1n) is 8.01. The van der Waals surface area contributed by atoms with Gasteiger partial charge in [0, 0.05) is 50.8 Å². The number of hydrogen-bond donors (Lipinski definition) is 1. The zero-order valence-corrected chi connectivity index (χ0v) is 13.6. The van der Waals surface area contributed by atoms with E-state index in [1.807, 2.05) is 0 Å². The molecule has 20 heavy (non-hydrogen) atoms. The van der Waals surface area contributed by atoms with Gasteiger partial charge in [0.05, 0.1) is 13.2 Å². The molecule has 0 aromatic heterocycles. The lowest BCUT2D eigenvalue weighted by Gasteiger charge is -2.46. The molecular formula is C16H31N3O. The number of ether oxygens (including phenoxy) is 1. The highest BCUT2D eigenvalue weighted by Gasteiger charge is 2.35. The lowest BCUT2D eigenvalue weighted by Crippen LogP contribution is -2.56. The highest BCUT2D eigenvalue weighted by atomic mass is 16.5. The van der Waals surface area contributed by atoms with Gasteiger partial charge in [-0.1, -0.05) is 6.08 Å². The van der Waals surface area contributed by atoms with Crippen LogP contribution in [0, 0.1) is 0 Å². The molecular weight excluding hydrogens is 250 g/mol. The monoisotopic (exact) mass is 281 g/mol. The molecule has 0 saturated carbocycles. The van der Waals surface area contributed by atoms with E-state index in [0.29, 0.717) is 6.04 Å². The first-order valence-corrected chi connectivity index (χ1v) is 8.01. The van der Waals surface area contributed by atoms with E-state index in [9.17, 15) is 0 Å². The Kier molecular flexibility index (Phi) is 5.61. The number of nitrogens with zero attached hydrogens (tertiary/aromatic N) is 2. The maximum Gasteiger partial charge on any atom is 0.0594 e. The third kappa shape index (κ3) is 3.42. The van der Waals surface area contributed by atoms with Crippen molar-refractivity contribution < 1.29 is 4.74 Å². The molecule has 1 unspecified atom stereocenters. The van der Waals surface area contributed by atoms with Gasteiger partial charge in [0.15, 0.2) is 0 Å². The molecule has 2 aliphatic heterocycles. The Balaban J connectivity index is 2.08. The van der Waals surface area contributed by atoms with Crippen LogP contribution in [0.5, 0.6) is 0 Å². The van der Waals surface area contributed by atoms with E-state index < -0.39 is 0 Å². The van der Waals surface area contributed by atoms with Crippen LogP contribution in [0.4, 0.5) is 0 Å².